The van der Waals surface area contributed by atoms with Gasteiger partial charge in [-0.2, -0.15) is 0 Å². The van der Waals surface area contributed by atoms with E-state index in [0.717, 1.165) is 78.0 Å². The Labute approximate surface area is 267 Å². The average molecular weight is 614 g/mol. The van der Waals surface area contributed by atoms with Gasteiger partial charge < -0.3 is 24.6 Å². The highest BCUT2D eigenvalue weighted by molar-refractivity contribution is 5.73. The second kappa shape index (κ2) is 11.1. The van der Waals surface area contributed by atoms with Crippen LogP contribution in [0.2, 0.25) is 0 Å². The molecular weight excluding hydrogens is 550 g/mol. The number of carboxylic acid groups (broad SMARTS) is 1. The number of carboxylic acids is 1. The molecule has 0 aromatic heterocycles. The van der Waals surface area contributed by atoms with Gasteiger partial charge in [0, 0.05) is 29.6 Å². The van der Waals surface area contributed by atoms with Crippen molar-refractivity contribution >= 4 is 5.97 Å². The second-order valence-electron chi connectivity index (χ2n) is 17.9. The quantitative estimate of drug-likeness (QED) is 0.292. The predicted molar refractivity (Wildman–Crippen MR) is 174 cm³/mol. The largest absolute Gasteiger partial charge is 0.481 e. The molecule has 6 aliphatic rings. The molecule has 2 bridgehead atoms. The zero-order chi connectivity index (χ0) is 31.9. The zero-order valence-electron chi connectivity index (χ0n) is 29.4. The summed E-state index contributed by atoms with van der Waals surface area (Å²) in [6.45, 7) is 22.8. The molecule has 0 radical (unpaired) electrons. The van der Waals surface area contributed by atoms with Gasteiger partial charge >= 0.3 is 5.97 Å². The van der Waals surface area contributed by atoms with Crippen LogP contribution in [-0.4, -0.2) is 62.8 Å². The molecule has 1 unspecified atom stereocenters. The maximum absolute atomic E-state index is 13.3. The highest BCUT2D eigenvalue weighted by atomic mass is 16.5. The Kier molecular flexibility index (Phi) is 8.29. The molecule has 0 aromatic carbocycles. The highest BCUT2D eigenvalue weighted by Gasteiger charge is 2.71. The van der Waals surface area contributed by atoms with Crippen LogP contribution in [0.1, 0.15) is 107 Å². The summed E-state index contributed by atoms with van der Waals surface area (Å²) in [5.41, 5.74) is 1.09. The van der Waals surface area contributed by atoms with Crippen LogP contribution in [-0.2, 0) is 19.0 Å². The van der Waals surface area contributed by atoms with E-state index in [1.165, 1.54) is 6.42 Å². The molecular formula is C38H63NO5. The predicted octanol–water partition coefficient (Wildman–Crippen LogP) is 7.36. The van der Waals surface area contributed by atoms with Gasteiger partial charge in [-0.15, -0.1) is 0 Å². The van der Waals surface area contributed by atoms with E-state index >= 15 is 0 Å². The second-order valence-corrected chi connectivity index (χ2v) is 17.9. The fourth-order valence-corrected chi connectivity index (χ4v) is 12.9. The van der Waals surface area contributed by atoms with Crippen molar-refractivity contribution in [2.24, 2.45) is 62.6 Å². The Bertz CT molecular complexity index is 1150. The van der Waals surface area contributed by atoms with Crippen LogP contribution in [0.5, 0.6) is 0 Å². The Balaban J connectivity index is 1.34. The molecule has 250 valence electrons. The molecule has 6 nitrogen and oxygen atoms in total. The van der Waals surface area contributed by atoms with Crippen LogP contribution < -0.4 is 5.32 Å². The minimum absolute atomic E-state index is 0.00970. The number of nitrogens with one attached hydrogen (secondary N) is 1. The Morgan fingerprint density at radius 2 is 1.73 bits per heavy atom. The molecule has 11 atom stereocenters. The van der Waals surface area contributed by atoms with Crippen LogP contribution in [0.4, 0.5) is 0 Å². The van der Waals surface area contributed by atoms with Crippen molar-refractivity contribution in [1.29, 1.82) is 0 Å². The van der Waals surface area contributed by atoms with E-state index in [1.54, 1.807) is 5.57 Å². The lowest BCUT2D eigenvalue weighted by Gasteiger charge is -2.71. The minimum atomic E-state index is -0.583. The lowest BCUT2D eigenvalue weighted by molar-refractivity contribution is -0.254. The lowest BCUT2D eigenvalue weighted by atomic mass is 9.34. The molecule has 6 heteroatoms. The van der Waals surface area contributed by atoms with Gasteiger partial charge in [-0.25, -0.2) is 0 Å². The van der Waals surface area contributed by atoms with Crippen LogP contribution in [0, 0.1) is 62.6 Å². The molecule has 2 N–H and O–H groups in total. The molecule has 6 rings (SSSR count). The summed E-state index contributed by atoms with van der Waals surface area (Å²) in [7, 11) is 2.08. The van der Waals surface area contributed by atoms with Gasteiger partial charge in [0.15, 0.2) is 0 Å². The molecule has 3 saturated carbocycles. The van der Waals surface area contributed by atoms with Gasteiger partial charge in [0.05, 0.1) is 31.8 Å². The number of hydrogen-bond acceptors (Lipinski definition) is 5. The number of ether oxygens (including phenoxy) is 3. The molecule has 2 heterocycles. The van der Waals surface area contributed by atoms with Crippen molar-refractivity contribution in [2.45, 2.75) is 118 Å². The Morgan fingerprint density at radius 1 is 1.02 bits per heavy atom. The minimum Gasteiger partial charge on any atom is -0.481 e. The van der Waals surface area contributed by atoms with Gasteiger partial charge in [-0.3, -0.25) is 4.79 Å². The molecule has 0 amide bonds. The Morgan fingerprint density at radius 3 is 2.36 bits per heavy atom. The topological polar surface area (TPSA) is 77.0 Å². The van der Waals surface area contributed by atoms with Crippen molar-refractivity contribution < 1.29 is 24.1 Å². The first-order valence-corrected chi connectivity index (χ1v) is 18.0. The van der Waals surface area contributed by atoms with E-state index < -0.39 is 5.97 Å². The first kappa shape index (κ1) is 33.0. The molecule has 4 aliphatic carbocycles. The van der Waals surface area contributed by atoms with Crippen LogP contribution >= 0.6 is 0 Å². The van der Waals surface area contributed by atoms with Gasteiger partial charge in [0.2, 0.25) is 0 Å². The third kappa shape index (κ3) is 4.42. The SMILES string of the molecule is CNC1(CO[C@H]2[C@H](C)CC34COC[C@]2(C)[C@@H]3CC[C@H]2C4=CC[C@@]3(C)[C@H](C(=O)O)[C@@](C)([C@H](C)C(C)C)CC[C@]23C)CCOCC1. The third-order valence-electron chi connectivity index (χ3n) is 15.9. The molecule has 0 spiro atoms. The van der Waals surface area contributed by atoms with Crippen LogP contribution in [0.15, 0.2) is 11.6 Å². The summed E-state index contributed by atoms with van der Waals surface area (Å²) in [6.07, 6.45) is 11.1. The van der Waals surface area contributed by atoms with Crippen molar-refractivity contribution in [3.05, 3.63) is 11.6 Å². The summed E-state index contributed by atoms with van der Waals surface area (Å²) in [5, 5.41) is 14.6. The zero-order valence-corrected chi connectivity index (χ0v) is 29.4. The number of rotatable bonds is 7. The van der Waals surface area contributed by atoms with Crippen molar-refractivity contribution in [1.82, 2.24) is 5.32 Å². The number of carbonyl (C=O) groups is 1. The first-order valence-electron chi connectivity index (χ1n) is 18.0. The highest BCUT2D eigenvalue weighted by Crippen LogP contribution is 2.75. The van der Waals surface area contributed by atoms with E-state index in [4.69, 9.17) is 14.2 Å². The molecule has 44 heavy (non-hydrogen) atoms. The fourth-order valence-electron chi connectivity index (χ4n) is 12.9. The first-order chi connectivity index (χ1) is 20.6. The molecule has 2 saturated heterocycles. The summed E-state index contributed by atoms with van der Waals surface area (Å²) >= 11 is 0. The van der Waals surface area contributed by atoms with Crippen molar-refractivity contribution in [2.75, 3.05) is 40.1 Å². The van der Waals surface area contributed by atoms with Crippen LogP contribution in [0.3, 0.4) is 0 Å². The number of likely N-dealkylation sites (N-methyl/N-ethyl adjacent to an activating group) is 1. The van der Waals surface area contributed by atoms with E-state index in [9.17, 15) is 9.90 Å². The molecule has 5 fully saturated rings. The van der Waals surface area contributed by atoms with Gasteiger partial charge in [0.1, 0.15) is 0 Å². The number of allylic oxidation sites excluding steroid dienone is 1. The van der Waals surface area contributed by atoms with Gasteiger partial charge in [-0.1, -0.05) is 67.0 Å². The van der Waals surface area contributed by atoms with Crippen LogP contribution in [0.25, 0.3) is 0 Å². The standard InChI is InChI=1S/C38H63NO5/c1-24(2)26(4)33(5)14-15-35(7)27-10-11-29-34(6)21-43-23-38(29,28(27)12-13-36(35,8)30(33)32(40)41)20-25(3)31(34)44-22-37(39-9)16-18-42-19-17-37/h12,24-27,29-31,39H,10-11,13-23H2,1-9H3,(H,40,41)/t25-,26-,27+,29+,30-,31+,33-,34-,35-,36+,38?/m1/s1. The monoisotopic (exact) mass is 613 g/mol. The normalized spacial score (nSPS) is 48.9. The van der Waals surface area contributed by atoms with Crippen molar-refractivity contribution in [3.63, 3.8) is 0 Å². The Hall–Kier alpha value is -0.950. The third-order valence-corrected chi connectivity index (χ3v) is 15.9. The number of aliphatic carboxylic acids is 1. The number of fused-ring (bicyclic) bond motifs is 3. The molecule has 2 aliphatic heterocycles. The molecule has 0 aromatic rings. The van der Waals surface area contributed by atoms with Gasteiger partial charge in [-0.05, 0) is 104 Å². The summed E-state index contributed by atoms with van der Waals surface area (Å²) in [6, 6.07) is 0. The maximum atomic E-state index is 13.3. The fraction of sp³-hybridized carbons (Fsp3) is 0.921. The number of hydrogen-bond donors (Lipinski definition) is 2. The summed E-state index contributed by atoms with van der Waals surface area (Å²) in [5.74, 6) is 1.28. The van der Waals surface area contributed by atoms with Gasteiger partial charge in [0.25, 0.3) is 0 Å². The average Bonchev–Trinajstić information content (AvgIpc) is 2.97. The van der Waals surface area contributed by atoms with E-state index in [2.05, 4.69) is 73.8 Å². The summed E-state index contributed by atoms with van der Waals surface area (Å²) < 4.78 is 19.4. The summed E-state index contributed by atoms with van der Waals surface area (Å²) in [4.78, 5) is 13.3. The van der Waals surface area contributed by atoms with E-state index in [0.29, 0.717) is 29.6 Å². The lowest BCUT2D eigenvalue weighted by Crippen LogP contribution is -2.69. The maximum Gasteiger partial charge on any atom is 0.307 e. The van der Waals surface area contributed by atoms with E-state index in [1.807, 2.05) is 0 Å². The smallest absolute Gasteiger partial charge is 0.307 e. The van der Waals surface area contributed by atoms with E-state index in [-0.39, 0.29) is 44.6 Å². The van der Waals surface area contributed by atoms with Crippen molar-refractivity contribution in [3.8, 4) is 0 Å².